The van der Waals surface area contributed by atoms with Gasteiger partial charge >= 0.3 is 0 Å². The minimum Gasteiger partial charge on any atom is -0.355 e. The standard InChI is InChI=1S/C15H30N2O/c1-4-10-16-15(18)12(3)17-11-14-8-6-13(5-2)7-9-14/h12-14,17H,4-11H2,1-3H3,(H,16,18). The lowest BCUT2D eigenvalue weighted by Crippen LogP contribution is -2.44. The van der Waals surface area contributed by atoms with Crippen LogP contribution in [0.15, 0.2) is 0 Å². The second-order valence-electron chi connectivity index (χ2n) is 5.72. The molecule has 0 saturated heterocycles. The van der Waals surface area contributed by atoms with Crippen LogP contribution in [0.3, 0.4) is 0 Å². The number of hydrogen-bond acceptors (Lipinski definition) is 2. The Morgan fingerprint density at radius 1 is 1.17 bits per heavy atom. The second-order valence-corrected chi connectivity index (χ2v) is 5.72. The van der Waals surface area contributed by atoms with Gasteiger partial charge in [0, 0.05) is 6.54 Å². The van der Waals surface area contributed by atoms with E-state index in [1.807, 2.05) is 6.92 Å². The molecule has 1 aliphatic carbocycles. The van der Waals surface area contributed by atoms with Gasteiger partial charge in [-0.15, -0.1) is 0 Å². The minimum atomic E-state index is -0.0551. The minimum absolute atomic E-state index is 0.0551. The lowest BCUT2D eigenvalue weighted by atomic mass is 9.81. The zero-order chi connectivity index (χ0) is 13.4. The van der Waals surface area contributed by atoms with Crippen LogP contribution >= 0.6 is 0 Å². The molecular formula is C15H30N2O. The molecule has 0 radical (unpaired) electrons. The highest BCUT2D eigenvalue weighted by molar-refractivity contribution is 5.81. The number of hydrogen-bond donors (Lipinski definition) is 2. The van der Waals surface area contributed by atoms with E-state index in [4.69, 9.17) is 0 Å². The monoisotopic (exact) mass is 254 g/mol. The van der Waals surface area contributed by atoms with Crippen molar-refractivity contribution in [1.29, 1.82) is 0 Å². The van der Waals surface area contributed by atoms with Gasteiger partial charge in [0.2, 0.25) is 5.91 Å². The molecule has 2 N–H and O–H groups in total. The van der Waals surface area contributed by atoms with Gasteiger partial charge in [-0.2, -0.15) is 0 Å². The molecule has 0 bridgehead atoms. The van der Waals surface area contributed by atoms with Crippen LogP contribution in [0.4, 0.5) is 0 Å². The maximum absolute atomic E-state index is 11.7. The SMILES string of the molecule is CCCNC(=O)C(C)NCC1CCC(CC)CC1. The van der Waals surface area contributed by atoms with Crippen molar-refractivity contribution in [3.63, 3.8) is 0 Å². The first-order valence-corrected chi connectivity index (χ1v) is 7.68. The maximum atomic E-state index is 11.7. The van der Waals surface area contributed by atoms with Crippen LogP contribution in [0.25, 0.3) is 0 Å². The molecule has 0 aromatic rings. The van der Waals surface area contributed by atoms with Crippen LogP contribution in [0.1, 0.15) is 59.3 Å². The molecule has 1 aliphatic rings. The summed E-state index contributed by atoms with van der Waals surface area (Å²) in [6.45, 7) is 8.11. The molecule has 1 fully saturated rings. The predicted octanol–water partition coefficient (Wildman–Crippen LogP) is 2.71. The lowest BCUT2D eigenvalue weighted by Gasteiger charge is -2.28. The van der Waals surface area contributed by atoms with Gasteiger partial charge in [0.15, 0.2) is 0 Å². The summed E-state index contributed by atoms with van der Waals surface area (Å²) >= 11 is 0. The fraction of sp³-hybridized carbons (Fsp3) is 0.933. The average Bonchev–Trinajstić information content (AvgIpc) is 2.42. The van der Waals surface area contributed by atoms with E-state index in [0.717, 1.165) is 31.3 Å². The molecule has 3 heteroatoms. The van der Waals surface area contributed by atoms with Crippen LogP contribution in [0.5, 0.6) is 0 Å². The molecule has 1 saturated carbocycles. The highest BCUT2D eigenvalue weighted by atomic mass is 16.2. The molecule has 18 heavy (non-hydrogen) atoms. The average molecular weight is 254 g/mol. The quantitative estimate of drug-likeness (QED) is 0.733. The number of carbonyl (C=O) groups is 1. The molecule has 1 unspecified atom stereocenters. The molecule has 1 rings (SSSR count). The van der Waals surface area contributed by atoms with E-state index in [0.29, 0.717) is 0 Å². The summed E-state index contributed by atoms with van der Waals surface area (Å²) in [6, 6.07) is -0.0551. The highest BCUT2D eigenvalue weighted by Crippen LogP contribution is 2.30. The first-order valence-electron chi connectivity index (χ1n) is 7.68. The zero-order valence-electron chi connectivity index (χ0n) is 12.3. The van der Waals surface area contributed by atoms with E-state index in [1.165, 1.54) is 32.1 Å². The Bertz CT molecular complexity index is 235. The van der Waals surface area contributed by atoms with Gasteiger partial charge in [-0.3, -0.25) is 4.79 Å². The third-order valence-corrected chi connectivity index (χ3v) is 4.20. The first-order chi connectivity index (χ1) is 8.67. The first kappa shape index (κ1) is 15.5. The molecule has 0 aromatic heterocycles. The maximum Gasteiger partial charge on any atom is 0.236 e. The summed E-state index contributed by atoms with van der Waals surface area (Å²) in [4.78, 5) is 11.7. The largest absolute Gasteiger partial charge is 0.355 e. The van der Waals surface area contributed by atoms with Crippen molar-refractivity contribution in [3.05, 3.63) is 0 Å². The van der Waals surface area contributed by atoms with E-state index in [-0.39, 0.29) is 11.9 Å². The van der Waals surface area contributed by atoms with Crippen molar-refractivity contribution >= 4 is 5.91 Å². The van der Waals surface area contributed by atoms with Crippen molar-refractivity contribution in [3.8, 4) is 0 Å². The number of carbonyl (C=O) groups excluding carboxylic acids is 1. The Kier molecular flexibility index (Phi) is 7.33. The molecule has 0 heterocycles. The van der Waals surface area contributed by atoms with Crippen molar-refractivity contribution < 1.29 is 4.79 Å². The number of rotatable bonds is 7. The normalized spacial score (nSPS) is 25.7. The predicted molar refractivity (Wildman–Crippen MR) is 76.5 cm³/mol. The van der Waals surface area contributed by atoms with Crippen LogP contribution in [0, 0.1) is 11.8 Å². The summed E-state index contributed by atoms with van der Waals surface area (Å²) in [5, 5.41) is 6.32. The van der Waals surface area contributed by atoms with Gasteiger partial charge in [0.1, 0.15) is 0 Å². The fourth-order valence-electron chi connectivity index (χ4n) is 2.68. The summed E-state index contributed by atoms with van der Waals surface area (Å²) in [5.41, 5.74) is 0. The topological polar surface area (TPSA) is 41.1 Å². The van der Waals surface area contributed by atoms with Gasteiger partial charge < -0.3 is 10.6 Å². The Labute approximate surface area is 112 Å². The van der Waals surface area contributed by atoms with Crippen molar-refractivity contribution in [1.82, 2.24) is 10.6 Å². The molecule has 106 valence electrons. The molecule has 3 nitrogen and oxygen atoms in total. The van der Waals surface area contributed by atoms with E-state index in [9.17, 15) is 4.79 Å². The Morgan fingerprint density at radius 2 is 1.78 bits per heavy atom. The molecule has 0 spiro atoms. The molecule has 0 aromatic carbocycles. The van der Waals surface area contributed by atoms with E-state index >= 15 is 0 Å². The lowest BCUT2D eigenvalue weighted by molar-refractivity contribution is -0.122. The number of nitrogens with one attached hydrogen (secondary N) is 2. The smallest absolute Gasteiger partial charge is 0.236 e. The van der Waals surface area contributed by atoms with Gasteiger partial charge in [0.25, 0.3) is 0 Å². The second kappa shape index (κ2) is 8.52. The molecule has 1 amide bonds. The molecule has 0 aliphatic heterocycles. The van der Waals surface area contributed by atoms with Crippen molar-refractivity contribution in [2.24, 2.45) is 11.8 Å². The third kappa shape index (κ3) is 5.38. The van der Waals surface area contributed by atoms with E-state index in [1.54, 1.807) is 0 Å². The van der Waals surface area contributed by atoms with E-state index < -0.39 is 0 Å². The zero-order valence-corrected chi connectivity index (χ0v) is 12.3. The fourth-order valence-corrected chi connectivity index (χ4v) is 2.68. The summed E-state index contributed by atoms with van der Waals surface area (Å²) < 4.78 is 0. The van der Waals surface area contributed by atoms with Gasteiger partial charge in [0.05, 0.1) is 6.04 Å². The van der Waals surface area contributed by atoms with E-state index in [2.05, 4.69) is 24.5 Å². The third-order valence-electron chi connectivity index (χ3n) is 4.20. The molecule has 1 atom stereocenters. The Morgan fingerprint density at radius 3 is 2.33 bits per heavy atom. The van der Waals surface area contributed by atoms with Crippen LogP contribution in [-0.2, 0) is 4.79 Å². The van der Waals surface area contributed by atoms with Crippen LogP contribution < -0.4 is 10.6 Å². The van der Waals surface area contributed by atoms with Crippen LogP contribution in [0.2, 0.25) is 0 Å². The summed E-state index contributed by atoms with van der Waals surface area (Å²) in [6.07, 6.45) is 7.73. The van der Waals surface area contributed by atoms with Gasteiger partial charge in [-0.1, -0.05) is 33.1 Å². The summed E-state index contributed by atoms with van der Waals surface area (Å²) in [7, 11) is 0. The Balaban J connectivity index is 2.15. The highest BCUT2D eigenvalue weighted by Gasteiger charge is 2.21. The van der Waals surface area contributed by atoms with Gasteiger partial charge in [-0.05, 0) is 44.6 Å². The van der Waals surface area contributed by atoms with Crippen molar-refractivity contribution in [2.75, 3.05) is 13.1 Å². The van der Waals surface area contributed by atoms with Gasteiger partial charge in [-0.25, -0.2) is 0 Å². The summed E-state index contributed by atoms with van der Waals surface area (Å²) in [5.74, 6) is 1.86. The molecular weight excluding hydrogens is 224 g/mol. The Hall–Kier alpha value is -0.570. The van der Waals surface area contributed by atoms with Crippen LogP contribution in [-0.4, -0.2) is 25.0 Å². The number of amides is 1. The van der Waals surface area contributed by atoms with Crippen molar-refractivity contribution in [2.45, 2.75) is 65.3 Å².